The number of aliphatic hydroxyl groups is 1. The van der Waals surface area contributed by atoms with E-state index >= 15 is 0 Å². The van der Waals surface area contributed by atoms with E-state index in [1.54, 1.807) is 13.8 Å². The largest absolute Gasteiger partial charge is 1.00 e. The third kappa shape index (κ3) is 41.2. The number of halogens is 3. The number of carboxylic acids is 1. The second-order valence-electron chi connectivity index (χ2n) is 15.1. The Labute approximate surface area is 342 Å². The molecule has 0 aromatic rings. The van der Waals surface area contributed by atoms with Gasteiger partial charge >= 0.3 is 23.9 Å². The molecule has 0 unspecified atom stereocenters. The fraction of sp³-hybridized carbons (Fsp3) is 0.861. The maximum Gasteiger partial charge on any atom is 0.365 e. The van der Waals surface area contributed by atoms with Crippen LogP contribution in [0.3, 0.4) is 0 Å². The van der Waals surface area contributed by atoms with Crippen molar-refractivity contribution < 1.29 is 113 Å². The third-order valence-electron chi connectivity index (χ3n) is 6.99. The molecule has 0 fully saturated rings. The number of hydrogen-bond donors (Lipinski definition) is 5. The zero-order valence-corrected chi connectivity index (χ0v) is 37.0. The summed E-state index contributed by atoms with van der Waals surface area (Å²) in [7, 11) is 0. The molecule has 0 amide bonds. The minimum atomic E-state index is -1.22. The van der Waals surface area contributed by atoms with Gasteiger partial charge in [-0.1, -0.05) is 55.4 Å². The van der Waals surface area contributed by atoms with Crippen molar-refractivity contribution >= 4 is 29.8 Å². The molecular formula is C36H75Cl3N4O11. The van der Waals surface area contributed by atoms with Crippen molar-refractivity contribution in [3.63, 3.8) is 0 Å². The van der Waals surface area contributed by atoms with Gasteiger partial charge in [-0.2, -0.15) is 0 Å². The summed E-state index contributed by atoms with van der Waals surface area (Å²) in [6.45, 7) is 21.7. The molecule has 326 valence electrons. The van der Waals surface area contributed by atoms with E-state index in [4.69, 9.17) is 24.1 Å². The summed E-state index contributed by atoms with van der Waals surface area (Å²) >= 11 is 0. The van der Waals surface area contributed by atoms with E-state index in [0.29, 0.717) is 55.8 Å². The first-order valence-corrected chi connectivity index (χ1v) is 18.3. The van der Waals surface area contributed by atoms with Crippen LogP contribution in [0, 0.1) is 23.7 Å². The Hall–Kier alpha value is -1.98. The quantitative estimate of drug-likeness (QED) is 0.0504. The van der Waals surface area contributed by atoms with Crippen LogP contribution in [0.25, 0.3) is 0 Å². The van der Waals surface area contributed by atoms with Crippen LogP contribution < -0.4 is 65.3 Å². The first kappa shape index (κ1) is 63.9. The number of esters is 4. The molecule has 0 aliphatic carbocycles. The minimum Gasteiger partial charge on any atom is -1.00 e. The maximum absolute atomic E-state index is 11.8. The molecule has 0 rings (SSSR count). The summed E-state index contributed by atoms with van der Waals surface area (Å²) in [4.78, 5) is 56.4. The minimum absolute atomic E-state index is 0. The fourth-order valence-corrected chi connectivity index (χ4v) is 4.48. The molecule has 7 atom stereocenters. The standard InChI is InChI=1S/C16H32N2O4.C10H19NO4.C10H21NO3.3ClH/c1-10(2)8-13(17)15(19)21-7-6-12(5)22-16(20)14(18)9-11(3)4;1-6(2)4-8(11)10(14)15-7(3)5-9(12)13;1-7(2)6-9(11)10(13)14-5-4-8(3)12;;;/h10-14H,6-9,17-18H2,1-5H3;6-8H,4-5,11H2,1-3H3,(H,12,13);7-9,12H,4-6,11H2,1-3H3;3*1H/t12-,13-,14-;7-,8+;8-,9-;;;/m101.../s1. The number of ether oxygens (including phenoxy) is 4. The molecule has 0 aliphatic heterocycles. The van der Waals surface area contributed by atoms with Crippen LogP contribution in [0.1, 0.15) is 121 Å². The molecule has 0 bridgehead atoms. The molecule has 0 aromatic heterocycles. The lowest BCUT2D eigenvalue weighted by molar-refractivity contribution is -0.412. The second kappa shape index (κ2) is 36.6. The summed E-state index contributed by atoms with van der Waals surface area (Å²) in [6, 6.07) is -1.41. The Balaban J connectivity index is -0.000000161. The summed E-state index contributed by atoms with van der Waals surface area (Å²) in [5, 5.41) is 19.2. The number of rotatable bonds is 22. The van der Waals surface area contributed by atoms with Crippen molar-refractivity contribution in [1.82, 2.24) is 0 Å². The number of carboxylic acid groups (broad SMARTS) is 1. The summed E-state index contributed by atoms with van der Waals surface area (Å²) in [5.41, 5.74) is 15.0. The predicted octanol–water partition coefficient (Wildman–Crippen LogP) is -10.2. The summed E-state index contributed by atoms with van der Waals surface area (Å²) < 4.78 is 20.3. The summed E-state index contributed by atoms with van der Waals surface area (Å²) in [6.07, 6.45) is 2.13. The van der Waals surface area contributed by atoms with Gasteiger partial charge in [0, 0.05) is 50.9 Å². The van der Waals surface area contributed by atoms with Gasteiger partial charge in [0.1, 0.15) is 12.2 Å². The monoisotopic (exact) mass is 844 g/mol. The molecular weight excluding hydrogens is 771 g/mol. The molecule has 0 saturated heterocycles. The summed E-state index contributed by atoms with van der Waals surface area (Å²) in [5.74, 6) is -0.898. The number of aliphatic carboxylic acids is 1. The number of carbonyl (C=O) groups is 5. The van der Waals surface area contributed by atoms with Crippen LogP contribution in [-0.2, 0) is 42.9 Å². The molecule has 0 aliphatic rings. The van der Waals surface area contributed by atoms with Gasteiger partial charge in [-0.25, -0.2) is 19.2 Å². The highest BCUT2D eigenvalue weighted by atomic mass is 35.5. The van der Waals surface area contributed by atoms with Gasteiger partial charge in [0.2, 0.25) is 0 Å². The highest BCUT2D eigenvalue weighted by Gasteiger charge is 2.25. The average Bonchev–Trinajstić information content (AvgIpc) is 2.95. The van der Waals surface area contributed by atoms with Gasteiger partial charge in [-0.3, -0.25) is 0 Å². The predicted molar refractivity (Wildman–Crippen MR) is 188 cm³/mol. The van der Waals surface area contributed by atoms with Crippen molar-refractivity contribution in [1.29, 1.82) is 0 Å². The lowest BCUT2D eigenvalue weighted by atomic mass is 10.0. The topological polar surface area (TPSA) is 276 Å². The lowest BCUT2D eigenvalue weighted by Crippen LogP contribution is -3.00. The Kier molecular flexibility index (Phi) is 43.4. The smallest absolute Gasteiger partial charge is 0.365 e. The van der Waals surface area contributed by atoms with Crippen LogP contribution in [-0.4, -0.2) is 90.6 Å². The van der Waals surface area contributed by atoms with E-state index in [2.05, 4.69) is 22.9 Å². The molecule has 0 aromatic carbocycles. The molecule has 13 N–H and O–H groups in total. The molecule has 0 spiro atoms. The normalized spacial score (nSPS) is 14.4. The Morgan fingerprint density at radius 3 is 1.06 bits per heavy atom. The van der Waals surface area contributed by atoms with Crippen LogP contribution >= 0.6 is 0 Å². The number of quaternary nitrogens is 4. The van der Waals surface area contributed by atoms with Gasteiger partial charge in [0.15, 0.2) is 24.2 Å². The average molecular weight is 846 g/mol. The Morgan fingerprint density at radius 2 is 0.778 bits per heavy atom. The Morgan fingerprint density at radius 1 is 0.500 bits per heavy atom. The lowest BCUT2D eigenvalue weighted by Gasteiger charge is -2.16. The van der Waals surface area contributed by atoms with Gasteiger partial charge in [-0.05, 0) is 44.4 Å². The Bertz CT molecular complexity index is 994. The van der Waals surface area contributed by atoms with Crippen LogP contribution in [0.15, 0.2) is 0 Å². The number of hydrogen-bond acceptors (Lipinski definition) is 11. The van der Waals surface area contributed by atoms with Gasteiger partial charge in [0.05, 0.1) is 19.3 Å². The highest BCUT2D eigenvalue weighted by molar-refractivity contribution is 5.75. The third-order valence-corrected chi connectivity index (χ3v) is 6.99. The van der Waals surface area contributed by atoms with E-state index in [-0.39, 0.29) is 99.0 Å². The van der Waals surface area contributed by atoms with Crippen molar-refractivity contribution in [2.45, 2.75) is 164 Å². The molecule has 0 saturated carbocycles. The van der Waals surface area contributed by atoms with E-state index in [1.165, 1.54) is 6.92 Å². The molecule has 0 radical (unpaired) electrons. The fourth-order valence-electron chi connectivity index (χ4n) is 4.48. The zero-order chi connectivity index (χ0) is 40.4. The molecule has 18 heteroatoms. The van der Waals surface area contributed by atoms with Gasteiger partial charge in [0.25, 0.3) is 0 Å². The van der Waals surface area contributed by atoms with Crippen molar-refractivity contribution in [3.05, 3.63) is 0 Å². The van der Waals surface area contributed by atoms with Crippen molar-refractivity contribution in [2.75, 3.05) is 13.2 Å². The maximum atomic E-state index is 11.8. The van der Waals surface area contributed by atoms with Crippen LogP contribution in [0.5, 0.6) is 0 Å². The van der Waals surface area contributed by atoms with Gasteiger partial charge < -0.3 is 94.1 Å². The first-order valence-electron chi connectivity index (χ1n) is 18.3. The zero-order valence-electron chi connectivity index (χ0n) is 34.7. The second-order valence-corrected chi connectivity index (χ2v) is 15.1. The molecule has 0 heterocycles. The van der Waals surface area contributed by atoms with Crippen LogP contribution in [0.4, 0.5) is 0 Å². The molecule has 15 nitrogen and oxygen atoms in total. The SMILES string of the molecule is CC(C)C[C@@H]([NH3+])C(=O)OCC[C@@H](C)O.CC(C)C[C@@H]([NH3+])C(=O)OCC[C@@H](C)OC(=O)[C@H]([NH3+])CC(C)C.CC(C)C[C@@H]([NH3+])C(=O)O[C@@H](C)CC(=O)[O-].[Cl-].[Cl-].[Cl-]. The first-order chi connectivity index (χ1) is 23.4. The van der Waals surface area contributed by atoms with E-state index in [0.717, 1.165) is 6.42 Å². The van der Waals surface area contributed by atoms with Crippen molar-refractivity contribution in [3.8, 4) is 0 Å². The van der Waals surface area contributed by atoms with E-state index in [1.807, 2.05) is 55.4 Å². The van der Waals surface area contributed by atoms with Crippen molar-refractivity contribution in [2.24, 2.45) is 23.7 Å². The number of aliphatic hydroxyl groups excluding tert-OH is 1. The number of carbonyl (C=O) groups excluding carboxylic acids is 5. The molecule has 54 heavy (non-hydrogen) atoms. The van der Waals surface area contributed by atoms with E-state index in [9.17, 15) is 29.1 Å². The van der Waals surface area contributed by atoms with Crippen LogP contribution in [0.2, 0.25) is 0 Å². The highest BCUT2D eigenvalue weighted by Crippen LogP contribution is 2.08. The van der Waals surface area contributed by atoms with Gasteiger partial charge in [-0.15, -0.1) is 0 Å². The van der Waals surface area contributed by atoms with E-state index < -0.39 is 30.2 Å².